The van der Waals surface area contributed by atoms with Crippen molar-refractivity contribution in [2.24, 2.45) is 5.92 Å². The van der Waals surface area contributed by atoms with Crippen molar-refractivity contribution in [1.29, 1.82) is 0 Å². The number of nitro benzene ring substituents is 1. The van der Waals surface area contributed by atoms with E-state index in [4.69, 9.17) is 0 Å². The second kappa shape index (κ2) is 6.44. The number of hydrogen-bond donors (Lipinski definition) is 0. The van der Waals surface area contributed by atoms with Crippen molar-refractivity contribution in [2.75, 3.05) is 6.54 Å². The zero-order valence-electron chi connectivity index (χ0n) is 12.1. The van der Waals surface area contributed by atoms with Gasteiger partial charge in [0.15, 0.2) is 0 Å². The van der Waals surface area contributed by atoms with Crippen molar-refractivity contribution in [2.45, 2.75) is 51.1 Å². The van der Waals surface area contributed by atoms with Crippen LogP contribution in [-0.2, 0) is 6.54 Å². The van der Waals surface area contributed by atoms with Gasteiger partial charge in [-0.2, -0.15) is 0 Å². The molecule has 2 aliphatic rings. The minimum absolute atomic E-state index is 0.171. The zero-order valence-corrected chi connectivity index (χ0v) is 13.7. The van der Waals surface area contributed by atoms with Gasteiger partial charge in [0.05, 0.1) is 9.40 Å². The molecule has 1 aromatic rings. The van der Waals surface area contributed by atoms with E-state index >= 15 is 0 Å². The Bertz CT molecular complexity index is 533. The molecule has 2 fully saturated rings. The van der Waals surface area contributed by atoms with Gasteiger partial charge in [0, 0.05) is 18.7 Å². The van der Waals surface area contributed by atoms with Gasteiger partial charge in [0.1, 0.15) is 0 Å². The van der Waals surface area contributed by atoms with E-state index < -0.39 is 0 Å². The standard InChI is InChI=1S/C16H21BrN2O2/c17-16-13(6-3-9-15(16)19(20)21)11-18-10-4-7-12-5-1-2-8-14(12)18/h3,6,9,12,14H,1-2,4-5,7-8,10-11H2/t12-,14-/m1/s1. The van der Waals surface area contributed by atoms with Crippen LogP contribution in [0.2, 0.25) is 0 Å². The summed E-state index contributed by atoms with van der Waals surface area (Å²) < 4.78 is 0.646. The highest BCUT2D eigenvalue weighted by molar-refractivity contribution is 9.10. The van der Waals surface area contributed by atoms with Gasteiger partial charge < -0.3 is 0 Å². The van der Waals surface area contributed by atoms with Crippen LogP contribution in [0.5, 0.6) is 0 Å². The minimum Gasteiger partial charge on any atom is -0.296 e. The largest absolute Gasteiger partial charge is 0.296 e. The fraction of sp³-hybridized carbons (Fsp3) is 0.625. The smallest absolute Gasteiger partial charge is 0.283 e. The van der Waals surface area contributed by atoms with Crippen LogP contribution in [0.25, 0.3) is 0 Å². The van der Waals surface area contributed by atoms with Gasteiger partial charge in [-0.25, -0.2) is 0 Å². The number of fused-ring (bicyclic) bond motifs is 1. The van der Waals surface area contributed by atoms with Crippen LogP contribution in [0.1, 0.15) is 44.1 Å². The Hall–Kier alpha value is -0.940. The lowest BCUT2D eigenvalue weighted by atomic mass is 9.78. The Morgan fingerprint density at radius 3 is 2.81 bits per heavy atom. The molecule has 0 aromatic heterocycles. The van der Waals surface area contributed by atoms with E-state index in [1.165, 1.54) is 38.5 Å². The van der Waals surface area contributed by atoms with Gasteiger partial charge in [0.2, 0.25) is 0 Å². The molecule has 21 heavy (non-hydrogen) atoms. The van der Waals surface area contributed by atoms with Crippen LogP contribution < -0.4 is 0 Å². The van der Waals surface area contributed by atoms with Gasteiger partial charge in [-0.1, -0.05) is 25.0 Å². The average Bonchev–Trinajstić information content (AvgIpc) is 2.49. The van der Waals surface area contributed by atoms with Gasteiger partial charge >= 0.3 is 0 Å². The molecule has 1 heterocycles. The normalized spacial score (nSPS) is 26.3. The average molecular weight is 353 g/mol. The van der Waals surface area contributed by atoms with Crippen molar-refractivity contribution in [3.05, 3.63) is 38.3 Å². The van der Waals surface area contributed by atoms with E-state index in [9.17, 15) is 10.1 Å². The van der Waals surface area contributed by atoms with E-state index in [-0.39, 0.29) is 10.6 Å². The number of benzene rings is 1. The second-order valence-electron chi connectivity index (χ2n) is 6.23. The summed E-state index contributed by atoms with van der Waals surface area (Å²) in [6, 6.07) is 6.04. The first-order valence-corrected chi connectivity index (χ1v) is 8.62. The predicted molar refractivity (Wildman–Crippen MR) is 86.2 cm³/mol. The number of rotatable bonds is 3. The van der Waals surface area contributed by atoms with Gasteiger partial charge in [0.25, 0.3) is 5.69 Å². The fourth-order valence-electron chi connectivity index (χ4n) is 3.97. The monoisotopic (exact) mass is 352 g/mol. The maximum Gasteiger partial charge on any atom is 0.283 e. The molecule has 0 amide bonds. The molecular formula is C16H21BrN2O2. The molecule has 5 heteroatoms. The number of likely N-dealkylation sites (tertiary alicyclic amines) is 1. The maximum atomic E-state index is 11.1. The molecule has 3 rings (SSSR count). The van der Waals surface area contributed by atoms with Gasteiger partial charge in [-0.15, -0.1) is 0 Å². The highest BCUT2D eigenvalue weighted by Gasteiger charge is 2.33. The van der Waals surface area contributed by atoms with Crippen LogP contribution in [-0.4, -0.2) is 22.4 Å². The third-order valence-electron chi connectivity index (χ3n) is 4.99. The number of halogens is 1. The molecule has 2 atom stereocenters. The predicted octanol–water partition coefficient (Wildman–Crippen LogP) is 4.51. The Balaban J connectivity index is 1.79. The summed E-state index contributed by atoms with van der Waals surface area (Å²) in [5.41, 5.74) is 1.21. The first-order valence-electron chi connectivity index (χ1n) is 7.82. The lowest BCUT2D eigenvalue weighted by Crippen LogP contribution is -2.46. The third-order valence-corrected chi connectivity index (χ3v) is 5.90. The molecular weight excluding hydrogens is 332 g/mol. The molecule has 1 aromatic carbocycles. The first-order chi connectivity index (χ1) is 10.2. The summed E-state index contributed by atoms with van der Waals surface area (Å²) in [4.78, 5) is 13.3. The summed E-state index contributed by atoms with van der Waals surface area (Å²) in [6.45, 7) is 1.94. The molecule has 1 saturated carbocycles. The van der Waals surface area contributed by atoms with E-state index in [0.29, 0.717) is 10.5 Å². The van der Waals surface area contributed by atoms with E-state index in [1.807, 2.05) is 6.07 Å². The Labute approximate surface area is 133 Å². The lowest BCUT2D eigenvalue weighted by molar-refractivity contribution is -0.385. The van der Waals surface area contributed by atoms with Crippen molar-refractivity contribution in [1.82, 2.24) is 4.90 Å². The second-order valence-corrected chi connectivity index (χ2v) is 7.02. The summed E-state index contributed by atoms with van der Waals surface area (Å²) in [5.74, 6) is 0.838. The molecule has 0 spiro atoms. The van der Waals surface area contributed by atoms with E-state index in [0.717, 1.165) is 24.6 Å². The molecule has 1 aliphatic carbocycles. The van der Waals surface area contributed by atoms with Gasteiger partial charge in [-0.3, -0.25) is 15.0 Å². The first kappa shape index (κ1) is 15.0. The molecule has 114 valence electrons. The topological polar surface area (TPSA) is 46.4 Å². The summed E-state index contributed by atoms with van der Waals surface area (Å²) in [5, 5.41) is 11.1. The van der Waals surface area contributed by atoms with Crippen LogP contribution in [0.3, 0.4) is 0 Å². The number of nitrogens with zero attached hydrogens (tertiary/aromatic N) is 2. The van der Waals surface area contributed by atoms with Crippen molar-refractivity contribution < 1.29 is 4.92 Å². The molecule has 0 bridgehead atoms. The zero-order chi connectivity index (χ0) is 14.8. The molecule has 1 aliphatic heterocycles. The van der Waals surface area contributed by atoms with Crippen LogP contribution in [0.4, 0.5) is 5.69 Å². The van der Waals surface area contributed by atoms with Gasteiger partial charge in [-0.05, 0) is 59.6 Å². The summed E-state index contributed by atoms with van der Waals surface area (Å²) >= 11 is 3.43. The van der Waals surface area contributed by atoms with E-state index in [2.05, 4.69) is 20.8 Å². The molecule has 0 N–H and O–H groups in total. The fourth-order valence-corrected chi connectivity index (χ4v) is 4.51. The number of nitro groups is 1. The quantitative estimate of drug-likeness (QED) is 0.593. The molecule has 0 unspecified atom stereocenters. The van der Waals surface area contributed by atoms with Crippen molar-refractivity contribution in [3.8, 4) is 0 Å². The number of piperidine rings is 1. The van der Waals surface area contributed by atoms with Crippen molar-refractivity contribution in [3.63, 3.8) is 0 Å². The third kappa shape index (κ3) is 3.14. The van der Waals surface area contributed by atoms with Crippen LogP contribution >= 0.6 is 15.9 Å². The van der Waals surface area contributed by atoms with Crippen LogP contribution in [0, 0.1) is 16.0 Å². The molecule has 4 nitrogen and oxygen atoms in total. The SMILES string of the molecule is O=[N+]([O-])c1cccc(CN2CCC[C@H]3CCCC[C@H]32)c1Br. The summed E-state index contributed by atoms with van der Waals surface area (Å²) in [6.07, 6.45) is 7.96. The van der Waals surface area contributed by atoms with Crippen LogP contribution in [0.15, 0.2) is 22.7 Å². The highest BCUT2D eigenvalue weighted by atomic mass is 79.9. The molecule has 1 saturated heterocycles. The Morgan fingerprint density at radius 1 is 1.24 bits per heavy atom. The lowest BCUT2D eigenvalue weighted by Gasteiger charge is -2.44. The molecule has 0 radical (unpaired) electrons. The minimum atomic E-state index is -0.312. The number of hydrogen-bond acceptors (Lipinski definition) is 3. The maximum absolute atomic E-state index is 11.1. The summed E-state index contributed by atoms with van der Waals surface area (Å²) in [7, 11) is 0. The Kier molecular flexibility index (Phi) is 4.60. The van der Waals surface area contributed by atoms with E-state index in [1.54, 1.807) is 12.1 Å². The van der Waals surface area contributed by atoms with Crippen molar-refractivity contribution >= 4 is 21.6 Å². The highest BCUT2D eigenvalue weighted by Crippen LogP contribution is 2.37. The Morgan fingerprint density at radius 2 is 2.00 bits per heavy atom.